The van der Waals surface area contributed by atoms with E-state index in [0.717, 1.165) is 0 Å². The van der Waals surface area contributed by atoms with Crippen LogP contribution >= 0.6 is 0 Å². The average Bonchev–Trinajstić information content (AvgIpc) is 0.811. The van der Waals surface area contributed by atoms with Gasteiger partial charge in [0, 0.05) is 0 Å². The molecule has 4 heavy (non-hydrogen) atoms. The van der Waals surface area contributed by atoms with Gasteiger partial charge in [-0.3, -0.25) is 0 Å². The minimum atomic E-state index is -3.83. The number of hydrogen-bond donors (Lipinski definition) is 1. The first-order chi connectivity index (χ1) is 1.73. The molecule has 0 saturated carbocycles. The van der Waals surface area contributed by atoms with Crippen LogP contribution in [0.15, 0.2) is 0 Å². The van der Waals surface area contributed by atoms with E-state index in [2.05, 4.69) is 0 Å². The van der Waals surface area contributed by atoms with Gasteiger partial charge in [0.1, 0.15) is 0 Å². The molecule has 0 aliphatic carbocycles. The molecule has 0 atom stereocenters. The van der Waals surface area contributed by atoms with Crippen molar-refractivity contribution in [1.82, 2.24) is 0 Å². The van der Waals surface area contributed by atoms with Crippen molar-refractivity contribution in [3.05, 3.63) is 0 Å². The second-order valence-electron chi connectivity index (χ2n) is 0.266. The molecule has 0 spiro atoms. The molecule has 0 unspecified atom stereocenters. The zero-order valence-corrected chi connectivity index (χ0v) is 3.33. The normalized spacial score (nSPS) is 6.25. The van der Waals surface area contributed by atoms with Crippen molar-refractivity contribution in [2.75, 3.05) is 0 Å². The molecule has 0 rings (SSSR count). The molecule has 1 N–H and O–H groups in total. The summed E-state index contributed by atoms with van der Waals surface area (Å²) in [6.07, 6.45) is 0. The molecule has 0 aromatic rings. The van der Waals surface area contributed by atoms with E-state index < -0.39 is 18.2 Å². The van der Waals surface area contributed by atoms with E-state index in [9.17, 15) is 0 Å². The van der Waals surface area contributed by atoms with Crippen LogP contribution in [0.1, 0.15) is 0 Å². The molecule has 0 radical (unpaired) electrons. The van der Waals surface area contributed by atoms with E-state index in [1.165, 1.54) is 0 Å². The molecule has 0 aromatic carbocycles. The van der Waals surface area contributed by atoms with Gasteiger partial charge in [-0.2, -0.15) is 0 Å². The minimum absolute atomic E-state index is 3.83. The van der Waals surface area contributed by atoms with Gasteiger partial charge >= 0.3 is 28.5 Å². The van der Waals surface area contributed by atoms with Gasteiger partial charge < -0.3 is 0 Å². The summed E-state index contributed by atoms with van der Waals surface area (Å²) in [7, 11) is 0. The van der Waals surface area contributed by atoms with Gasteiger partial charge in [0.25, 0.3) is 0 Å². The topological polar surface area (TPSA) is 54.4 Å². The predicted molar refractivity (Wildman–Crippen MR) is 3.59 cm³/mol. The quantitative estimate of drug-likeness (QED) is 0.402. The summed E-state index contributed by atoms with van der Waals surface area (Å²) < 4.78 is 24.5. The fourth-order valence-electron chi connectivity index (χ4n) is 0. The van der Waals surface area contributed by atoms with E-state index in [-0.39, 0.29) is 0 Å². The molecule has 0 amide bonds. The van der Waals surface area contributed by atoms with Gasteiger partial charge in [0.05, 0.1) is 0 Å². The van der Waals surface area contributed by atoms with Crippen LogP contribution in [0.3, 0.4) is 0 Å². The van der Waals surface area contributed by atoms with E-state index in [4.69, 9.17) is 10.3 Å². The van der Waals surface area contributed by atoms with Crippen molar-refractivity contribution in [2.45, 2.75) is 0 Å². The first-order valence-corrected chi connectivity index (χ1v) is 2.61. The third-order valence-corrected chi connectivity index (χ3v) is 0. The van der Waals surface area contributed by atoms with Crippen LogP contribution in [0.25, 0.3) is 0 Å². The van der Waals surface area contributed by atoms with Gasteiger partial charge in [0.15, 0.2) is 0 Å². The van der Waals surface area contributed by atoms with Gasteiger partial charge in [-0.25, -0.2) is 0 Å². The third kappa shape index (κ3) is 49.1. The summed E-state index contributed by atoms with van der Waals surface area (Å²) in [5, 5.41) is 0. The van der Waals surface area contributed by atoms with Crippen LogP contribution in [0.4, 0.5) is 0 Å². The van der Waals surface area contributed by atoms with Gasteiger partial charge in [-0.15, -0.1) is 0 Å². The van der Waals surface area contributed by atoms with Crippen LogP contribution in [-0.4, -0.2) is 3.69 Å². The Bertz CT molecular complexity index is 51.7. The van der Waals surface area contributed by atoms with Crippen molar-refractivity contribution in [3.63, 3.8) is 0 Å². The summed E-state index contributed by atoms with van der Waals surface area (Å²) in [6, 6.07) is 0. The van der Waals surface area contributed by atoms with E-state index in [1.807, 2.05) is 0 Å². The van der Waals surface area contributed by atoms with Crippen molar-refractivity contribution in [1.29, 1.82) is 0 Å². The van der Waals surface area contributed by atoms with Crippen LogP contribution in [0, 0.1) is 0 Å². The van der Waals surface area contributed by atoms with E-state index in [1.54, 1.807) is 0 Å². The summed E-state index contributed by atoms with van der Waals surface area (Å²) in [6.45, 7) is 0. The molecule has 0 bridgehead atoms. The van der Waals surface area contributed by atoms with Gasteiger partial charge in [-0.05, 0) is 0 Å². The van der Waals surface area contributed by atoms with Crippen molar-refractivity contribution in [3.8, 4) is 0 Å². The Balaban J connectivity index is 3.51. The zero-order chi connectivity index (χ0) is 3.58. The molecular formula is HO3Ti. The van der Waals surface area contributed by atoms with Crippen LogP contribution in [-0.2, 0) is 24.8 Å². The van der Waals surface area contributed by atoms with E-state index in [0.29, 0.717) is 0 Å². The van der Waals surface area contributed by atoms with Crippen molar-refractivity contribution < 1.29 is 28.5 Å². The molecule has 3 nitrogen and oxygen atoms in total. The summed E-state index contributed by atoms with van der Waals surface area (Å²) >= 11 is -3.83. The molecule has 0 aliphatic rings. The average molecular weight is 96.9 g/mol. The SMILES string of the molecule is [O]=[Ti](=[O])[OH]. The Labute approximate surface area is 29.2 Å². The molecule has 0 fully saturated rings. The maximum atomic E-state index is 8.69. The third-order valence-electron chi connectivity index (χ3n) is 0. The van der Waals surface area contributed by atoms with Crippen molar-refractivity contribution >= 4 is 0 Å². The molecule has 0 aliphatic heterocycles. The molecular weight excluding hydrogens is 95.9 g/mol. The standard InChI is InChI=1S/H2O.2O.Ti/h1H2;;;/q;;;+1/p-1. The van der Waals surface area contributed by atoms with Crippen molar-refractivity contribution in [2.24, 2.45) is 0 Å². The number of hydrogen-bond acceptors (Lipinski definition) is 2. The van der Waals surface area contributed by atoms with Crippen LogP contribution in [0.2, 0.25) is 0 Å². The fourth-order valence-corrected chi connectivity index (χ4v) is 0. The molecule has 23 valence electrons. The second-order valence-corrected chi connectivity index (χ2v) is 1.10. The second kappa shape index (κ2) is 1.58. The summed E-state index contributed by atoms with van der Waals surface area (Å²) in [5.74, 6) is 0. The Morgan fingerprint density at radius 3 is 1.50 bits per heavy atom. The molecule has 0 heterocycles. The molecule has 0 saturated heterocycles. The summed E-state index contributed by atoms with van der Waals surface area (Å²) in [4.78, 5) is 0. The Hall–Kier alpha value is 0.274. The number of rotatable bonds is 0. The first kappa shape index (κ1) is 4.27. The Kier molecular flexibility index (Phi) is 1.69. The predicted octanol–water partition coefficient (Wildman–Crippen LogP) is -0.797. The first-order valence-electron chi connectivity index (χ1n) is 0.632. The Morgan fingerprint density at radius 2 is 1.50 bits per heavy atom. The summed E-state index contributed by atoms with van der Waals surface area (Å²) in [5.41, 5.74) is 0. The maximum absolute atomic E-state index is 8.69. The monoisotopic (exact) mass is 96.9 g/mol. The van der Waals surface area contributed by atoms with Gasteiger partial charge in [-0.1, -0.05) is 0 Å². The molecule has 4 heteroatoms. The van der Waals surface area contributed by atoms with Gasteiger partial charge in [0.2, 0.25) is 0 Å². The molecule has 0 aromatic heterocycles. The fraction of sp³-hybridized carbons (Fsp3) is 0. The van der Waals surface area contributed by atoms with Crippen LogP contribution in [0.5, 0.6) is 0 Å². The zero-order valence-electron chi connectivity index (χ0n) is 1.76. The van der Waals surface area contributed by atoms with E-state index >= 15 is 0 Å². The Morgan fingerprint density at radius 1 is 1.50 bits per heavy atom. The van der Waals surface area contributed by atoms with Crippen LogP contribution < -0.4 is 0 Å².